The van der Waals surface area contributed by atoms with Gasteiger partial charge in [0.05, 0.1) is 0 Å². The van der Waals surface area contributed by atoms with Crippen molar-refractivity contribution in [1.82, 2.24) is 0 Å². The van der Waals surface area contributed by atoms with E-state index >= 15 is 0 Å². The van der Waals surface area contributed by atoms with Crippen LogP contribution in [0.3, 0.4) is 0 Å². The fourth-order valence-electron chi connectivity index (χ4n) is 4.09. The number of esters is 3. The largest absolute Gasteiger partial charge is 0.590 e. The highest BCUT2D eigenvalue weighted by molar-refractivity contribution is 7.49. The van der Waals surface area contributed by atoms with Crippen LogP contribution in [0, 0.1) is 11.8 Å². The average molecular weight is 565 g/mol. The van der Waals surface area contributed by atoms with Gasteiger partial charge in [0.1, 0.15) is 24.2 Å². The van der Waals surface area contributed by atoms with Crippen LogP contribution in [0.25, 0.3) is 0 Å². The first kappa shape index (κ1) is 30.1. The van der Waals surface area contributed by atoms with Gasteiger partial charge in [-0.1, -0.05) is 50.2 Å². The molecule has 39 heavy (non-hydrogen) atoms. The van der Waals surface area contributed by atoms with Gasteiger partial charge < -0.3 is 28.0 Å². The number of rotatable bonds is 11. The Kier molecular flexibility index (Phi) is 10.5. The van der Waals surface area contributed by atoms with Crippen molar-refractivity contribution in [3.05, 3.63) is 60.7 Å². The Balaban J connectivity index is 1.97. The lowest BCUT2D eigenvalue weighted by Gasteiger charge is -2.45. The Labute approximate surface area is 227 Å². The van der Waals surface area contributed by atoms with Gasteiger partial charge in [0.2, 0.25) is 6.29 Å². The van der Waals surface area contributed by atoms with Gasteiger partial charge in [0, 0.05) is 26.7 Å². The Bertz CT molecular complexity index is 1110. The normalized spacial score (nSPS) is 23.7. The molecule has 2 unspecified atom stereocenters. The fraction of sp³-hybridized carbons (Fsp3) is 0.444. The van der Waals surface area contributed by atoms with Crippen LogP contribution in [0.4, 0.5) is 0 Å². The minimum Gasteiger partial charge on any atom is -0.462 e. The molecular weight excluding hydrogens is 531 g/mol. The number of hydrogen-bond acceptors (Lipinski definition) is 11. The van der Waals surface area contributed by atoms with Crippen LogP contribution in [0.15, 0.2) is 60.7 Å². The van der Waals surface area contributed by atoms with E-state index in [0.717, 1.165) is 0 Å². The second-order valence-corrected chi connectivity index (χ2v) is 10.5. The van der Waals surface area contributed by atoms with E-state index in [1.807, 2.05) is 0 Å². The van der Waals surface area contributed by atoms with Crippen molar-refractivity contribution in [2.45, 2.75) is 59.2 Å². The molecule has 3 rings (SSSR count). The molecule has 0 bridgehead atoms. The molecular formula is C27H33O11P. The summed E-state index contributed by atoms with van der Waals surface area (Å²) in [4.78, 5) is 35.3. The number of phosphoric acid groups is 1. The summed E-state index contributed by atoms with van der Waals surface area (Å²) in [7, 11) is -4.48. The number of hydrogen-bond donors (Lipinski definition) is 0. The van der Waals surface area contributed by atoms with E-state index < -0.39 is 62.2 Å². The second-order valence-electron chi connectivity index (χ2n) is 9.07. The lowest BCUT2D eigenvalue weighted by atomic mass is 9.81. The second kappa shape index (κ2) is 13.6. The molecule has 1 aliphatic heterocycles. The predicted molar refractivity (Wildman–Crippen MR) is 138 cm³/mol. The van der Waals surface area contributed by atoms with Gasteiger partial charge in [-0.25, -0.2) is 9.09 Å². The molecule has 2 aromatic rings. The first-order valence-electron chi connectivity index (χ1n) is 12.4. The lowest BCUT2D eigenvalue weighted by Crippen LogP contribution is -2.56. The maximum atomic E-state index is 14.1. The van der Waals surface area contributed by atoms with Gasteiger partial charge in [-0.05, 0) is 30.2 Å². The van der Waals surface area contributed by atoms with Crippen molar-refractivity contribution >= 4 is 25.7 Å². The van der Waals surface area contributed by atoms with E-state index in [4.69, 9.17) is 32.5 Å². The molecule has 6 atom stereocenters. The topological polar surface area (TPSA) is 133 Å². The molecule has 0 N–H and O–H groups in total. The van der Waals surface area contributed by atoms with Crippen molar-refractivity contribution in [1.29, 1.82) is 0 Å². The van der Waals surface area contributed by atoms with Crippen LogP contribution in [0.5, 0.6) is 11.5 Å². The van der Waals surface area contributed by atoms with Gasteiger partial charge in [-0.15, -0.1) is 0 Å². The average Bonchev–Trinajstić information content (AvgIpc) is 2.87. The summed E-state index contributed by atoms with van der Waals surface area (Å²) in [5, 5.41) is 0. The first-order chi connectivity index (χ1) is 18.5. The summed E-state index contributed by atoms with van der Waals surface area (Å²) in [5.74, 6) is -2.26. The predicted octanol–water partition coefficient (Wildman–Crippen LogP) is 4.69. The minimum absolute atomic E-state index is 0.197. The summed E-state index contributed by atoms with van der Waals surface area (Å²) in [6, 6.07) is 16.5. The van der Waals surface area contributed by atoms with Gasteiger partial charge in [-0.3, -0.25) is 14.4 Å². The van der Waals surface area contributed by atoms with Crippen LogP contribution < -0.4 is 9.05 Å². The molecule has 0 saturated carbocycles. The van der Waals surface area contributed by atoms with Crippen molar-refractivity contribution < 1.29 is 51.5 Å². The third kappa shape index (κ3) is 8.81. The van der Waals surface area contributed by atoms with Crippen molar-refractivity contribution in [2.24, 2.45) is 11.8 Å². The Hall–Kier alpha value is -3.40. The summed E-state index contributed by atoms with van der Waals surface area (Å²) in [6.45, 7) is 6.95. The van der Waals surface area contributed by atoms with E-state index in [9.17, 15) is 18.9 Å². The minimum atomic E-state index is -4.48. The Morgan fingerprint density at radius 3 is 1.82 bits per heavy atom. The smallest absolute Gasteiger partial charge is 0.462 e. The highest BCUT2D eigenvalue weighted by atomic mass is 31.2. The quantitative estimate of drug-likeness (QED) is 0.214. The van der Waals surface area contributed by atoms with Crippen LogP contribution in [-0.2, 0) is 42.4 Å². The first-order valence-corrected chi connectivity index (χ1v) is 13.8. The SMILES string of the molecule is CC(=O)OC[C@@H](OC(C)=O)C1O[C@@H](OP(=O)(Oc2ccccc2)Oc2ccccc2)C(OC(C)=O)[C@@H](C)[C@@H]1C. The van der Waals surface area contributed by atoms with Gasteiger partial charge in [0.25, 0.3) is 0 Å². The third-order valence-corrected chi connectivity index (χ3v) is 7.35. The summed E-state index contributed by atoms with van der Waals surface area (Å²) < 4.78 is 53.5. The van der Waals surface area contributed by atoms with Crippen LogP contribution in [-0.4, -0.2) is 49.1 Å². The maximum absolute atomic E-state index is 14.1. The molecule has 12 heteroatoms. The molecule has 1 heterocycles. The van der Waals surface area contributed by atoms with E-state index in [1.165, 1.54) is 20.8 Å². The number of para-hydroxylation sites is 2. The number of ether oxygens (including phenoxy) is 4. The van der Waals surface area contributed by atoms with E-state index in [0.29, 0.717) is 0 Å². The molecule has 1 aliphatic rings. The molecule has 212 valence electrons. The number of carbonyl (C=O) groups excluding carboxylic acids is 3. The highest BCUT2D eigenvalue weighted by Crippen LogP contribution is 2.53. The summed E-state index contributed by atoms with van der Waals surface area (Å²) in [5.41, 5.74) is 0. The van der Waals surface area contributed by atoms with E-state index in [-0.39, 0.29) is 18.1 Å². The Morgan fingerprint density at radius 1 is 0.821 bits per heavy atom. The molecule has 0 aliphatic carbocycles. The number of phosphoric ester groups is 1. The third-order valence-electron chi connectivity index (χ3n) is 6.02. The Morgan fingerprint density at radius 2 is 1.36 bits per heavy atom. The van der Waals surface area contributed by atoms with Crippen molar-refractivity contribution in [2.75, 3.05) is 6.61 Å². The molecule has 1 saturated heterocycles. The van der Waals surface area contributed by atoms with E-state index in [1.54, 1.807) is 74.5 Å². The van der Waals surface area contributed by atoms with Gasteiger partial charge in [0.15, 0.2) is 12.2 Å². The highest BCUT2D eigenvalue weighted by Gasteiger charge is 2.51. The molecule has 0 radical (unpaired) electrons. The standard InChI is InChI=1S/C27H33O11P/c1-17-18(2)26(34-21(5)30)27(35-25(17)24(33-20(4)29)16-32-19(3)28)38-39(31,36-22-12-8-6-9-13-22)37-23-14-10-7-11-15-23/h6-15,17-18,24-27H,16H2,1-5H3/t17-,18-,24+,25?,26?,27-/m0/s1. The molecule has 1 fully saturated rings. The molecule has 0 amide bonds. The molecule has 0 aromatic heterocycles. The van der Waals surface area contributed by atoms with Crippen LogP contribution >= 0.6 is 7.82 Å². The molecule has 0 spiro atoms. The molecule has 11 nitrogen and oxygen atoms in total. The summed E-state index contributed by atoms with van der Waals surface area (Å²) >= 11 is 0. The number of benzene rings is 2. The van der Waals surface area contributed by atoms with Crippen LogP contribution in [0.2, 0.25) is 0 Å². The van der Waals surface area contributed by atoms with Crippen molar-refractivity contribution in [3.63, 3.8) is 0 Å². The van der Waals surface area contributed by atoms with Gasteiger partial charge >= 0.3 is 25.7 Å². The summed E-state index contributed by atoms with van der Waals surface area (Å²) in [6.07, 6.45) is -4.44. The zero-order valence-corrected chi connectivity index (χ0v) is 23.3. The van der Waals surface area contributed by atoms with Gasteiger partial charge in [-0.2, -0.15) is 0 Å². The molecule has 2 aromatic carbocycles. The number of carbonyl (C=O) groups is 3. The van der Waals surface area contributed by atoms with Crippen molar-refractivity contribution in [3.8, 4) is 11.5 Å². The van der Waals surface area contributed by atoms with E-state index in [2.05, 4.69) is 0 Å². The van der Waals surface area contributed by atoms with Crippen LogP contribution in [0.1, 0.15) is 34.6 Å². The lowest BCUT2D eigenvalue weighted by molar-refractivity contribution is -0.270. The maximum Gasteiger partial charge on any atom is 0.590 e. The zero-order valence-electron chi connectivity index (χ0n) is 22.4. The zero-order chi connectivity index (χ0) is 28.6. The monoisotopic (exact) mass is 564 g/mol. The fourth-order valence-corrected chi connectivity index (χ4v) is 5.39.